The molecule has 1 saturated heterocycles. The summed E-state index contributed by atoms with van der Waals surface area (Å²) in [6.07, 6.45) is 1.26. The quantitative estimate of drug-likeness (QED) is 0.632. The van der Waals surface area contributed by atoms with E-state index >= 15 is 0 Å². The van der Waals surface area contributed by atoms with E-state index in [0.29, 0.717) is 17.5 Å². The molecule has 2 heterocycles. The summed E-state index contributed by atoms with van der Waals surface area (Å²) in [7, 11) is 1.81. The number of aromatic nitrogens is 2. The molecule has 2 aliphatic rings. The molecule has 28 heavy (non-hydrogen) atoms. The van der Waals surface area contributed by atoms with Crippen LogP contribution in [0.25, 0.3) is 11.0 Å². The molecule has 4 nitrogen and oxygen atoms in total. The second kappa shape index (κ2) is 6.94. The Labute approximate surface area is 174 Å². The summed E-state index contributed by atoms with van der Waals surface area (Å²) in [4.78, 5) is 15.2. The fraction of sp³-hybridized carbons (Fsp3) is 0.409. The van der Waals surface area contributed by atoms with E-state index in [4.69, 9.17) is 23.2 Å². The number of hydrogen-bond acceptors (Lipinski definition) is 2. The smallest absolute Gasteiger partial charge is 0.301 e. The number of likely N-dealkylation sites (tertiary alicyclic amines) is 1. The minimum Gasteiger partial charge on any atom is -0.301 e. The van der Waals surface area contributed by atoms with Crippen LogP contribution in [0.3, 0.4) is 0 Å². The standard InChI is InChI=1S/C22H23Cl2N3O/c1-25-21-11-17(24)6-7-20(21)27(22(25)28)9-8-26-12-15-10-18(19(15)13-26)14-2-4-16(23)5-3-14/h2-7,11,15,18-19H,8-10,12-13H2,1H3. The SMILES string of the molecule is Cn1c(=O)n(CCN2CC3CC(c4ccc(Cl)cc4)C3C2)c2ccc(Cl)cc21. The molecule has 0 amide bonds. The van der Waals surface area contributed by atoms with Crippen LogP contribution in [0.5, 0.6) is 0 Å². The molecule has 0 spiro atoms. The van der Waals surface area contributed by atoms with Gasteiger partial charge in [-0.3, -0.25) is 9.13 Å². The lowest BCUT2D eigenvalue weighted by molar-refractivity contribution is 0.191. The first-order valence-corrected chi connectivity index (χ1v) is 10.6. The van der Waals surface area contributed by atoms with Crippen LogP contribution < -0.4 is 5.69 Å². The summed E-state index contributed by atoms with van der Waals surface area (Å²) in [6.45, 7) is 3.87. The van der Waals surface area contributed by atoms with Crippen LogP contribution in [-0.2, 0) is 13.6 Å². The second-order valence-electron chi connectivity index (χ2n) is 8.20. The molecule has 0 N–H and O–H groups in total. The van der Waals surface area contributed by atoms with E-state index in [1.165, 1.54) is 12.0 Å². The fourth-order valence-corrected chi connectivity index (χ4v) is 5.41. The Hall–Kier alpha value is -1.75. The van der Waals surface area contributed by atoms with Crippen molar-refractivity contribution in [2.24, 2.45) is 18.9 Å². The molecule has 3 atom stereocenters. The second-order valence-corrected chi connectivity index (χ2v) is 9.08. The lowest BCUT2D eigenvalue weighted by atomic mass is 9.64. The molecule has 6 heteroatoms. The number of rotatable bonds is 4. The van der Waals surface area contributed by atoms with Gasteiger partial charge in [-0.2, -0.15) is 0 Å². The third-order valence-electron chi connectivity index (χ3n) is 6.69. The molecule has 1 aliphatic carbocycles. The highest BCUT2D eigenvalue weighted by Gasteiger charge is 2.47. The van der Waals surface area contributed by atoms with E-state index in [1.807, 2.05) is 41.9 Å². The number of aryl methyl sites for hydroxylation is 1. The van der Waals surface area contributed by atoms with E-state index in [2.05, 4.69) is 17.0 Å². The highest BCUT2D eigenvalue weighted by Crippen LogP contribution is 2.51. The topological polar surface area (TPSA) is 30.2 Å². The molecule has 5 rings (SSSR count). The summed E-state index contributed by atoms with van der Waals surface area (Å²) < 4.78 is 3.56. The first kappa shape index (κ1) is 18.3. The summed E-state index contributed by atoms with van der Waals surface area (Å²) in [6, 6.07) is 14.0. The van der Waals surface area contributed by atoms with Gasteiger partial charge in [0.2, 0.25) is 0 Å². The summed E-state index contributed by atoms with van der Waals surface area (Å²) in [5.74, 6) is 2.16. The van der Waals surface area contributed by atoms with E-state index in [-0.39, 0.29) is 5.69 Å². The van der Waals surface area contributed by atoms with Gasteiger partial charge in [0.25, 0.3) is 0 Å². The molecule has 0 radical (unpaired) electrons. The first-order chi connectivity index (χ1) is 13.5. The zero-order chi connectivity index (χ0) is 19.4. The van der Waals surface area contributed by atoms with E-state index < -0.39 is 0 Å². The Morgan fingerprint density at radius 1 is 0.964 bits per heavy atom. The van der Waals surface area contributed by atoms with Crippen molar-refractivity contribution >= 4 is 34.2 Å². The van der Waals surface area contributed by atoms with Crippen molar-refractivity contribution in [3.63, 3.8) is 0 Å². The minimum atomic E-state index is 0.0264. The lowest BCUT2D eigenvalue weighted by Gasteiger charge is -2.40. The molecule has 2 aromatic carbocycles. The average molecular weight is 416 g/mol. The van der Waals surface area contributed by atoms with Gasteiger partial charge in [-0.25, -0.2) is 4.79 Å². The third kappa shape index (κ3) is 2.99. The Bertz CT molecular complexity index is 1090. The molecule has 2 fully saturated rings. The number of fused-ring (bicyclic) bond motifs is 2. The van der Waals surface area contributed by atoms with Crippen LogP contribution >= 0.6 is 23.2 Å². The fourth-order valence-electron chi connectivity index (χ4n) is 5.11. The van der Waals surface area contributed by atoms with Crippen molar-refractivity contribution in [3.05, 3.63) is 68.6 Å². The molecular weight excluding hydrogens is 393 g/mol. The maximum absolute atomic E-state index is 12.7. The first-order valence-electron chi connectivity index (χ1n) is 9.84. The van der Waals surface area contributed by atoms with Gasteiger partial charge in [0, 0.05) is 43.3 Å². The summed E-state index contributed by atoms with van der Waals surface area (Å²) in [5, 5.41) is 1.46. The van der Waals surface area contributed by atoms with E-state index in [9.17, 15) is 4.79 Å². The third-order valence-corrected chi connectivity index (χ3v) is 7.17. The maximum atomic E-state index is 12.7. The van der Waals surface area contributed by atoms with Crippen LogP contribution in [-0.4, -0.2) is 33.7 Å². The molecular formula is C22H23Cl2N3O. The van der Waals surface area contributed by atoms with Gasteiger partial charge in [0.1, 0.15) is 0 Å². The molecule has 3 aromatic rings. The molecule has 1 aromatic heterocycles. The van der Waals surface area contributed by atoms with Gasteiger partial charge in [-0.15, -0.1) is 0 Å². The Morgan fingerprint density at radius 3 is 2.50 bits per heavy atom. The minimum absolute atomic E-state index is 0.0264. The van der Waals surface area contributed by atoms with Crippen LogP contribution in [0.15, 0.2) is 47.3 Å². The maximum Gasteiger partial charge on any atom is 0.328 e. The zero-order valence-corrected chi connectivity index (χ0v) is 17.3. The average Bonchev–Trinajstić information content (AvgIpc) is 3.11. The molecule has 1 aliphatic heterocycles. The van der Waals surface area contributed by atoms with Crippen molar-refractivity contribution < 1.29 is 0 Å². The number of halogens is 2. The molecule has 146 valence electrons. The van der Waals surface area contributed by atoms with Crippen molar-refractivity contribution in [1.82, 2.24) is 14.0 Å². The van der Waals surface area contributed by atoms with Gasteiger partial charge in [0.05, 0.1) is 11.0 Å². The highest BCUT2D eigenvalue weighted by molar-refractivity contribution is 6.31. The molecule has 1 saturated carbocycles. The Kier molecular flexibility index (Phi) is 4.53. The Balaban J connectivity index is 1.28. The summed E-state index contributed by atoms with van der Waals surface area (Å²) in [5.41, 5.74) is 3.29. The lowest BCUT2D eigenvalue weighted by Crippen LogP contribution is -2.33. The van der Waals surface area contributed by atoms with Crippen LogP contribution in [0, 0.1) is 11.8 Å². The van der Waals surface area contributed by atoms with Crippen molar-refractivity contribution in [2.75, 3.05) is 19.6 Å². The number of nitrogens with zero attached hydrogens (tertiary/aromatic N) is 3. The van der Waals surface area contributed by atoms with Crippen molar-refractivity contribution in [2.45, 2.75) is 18.9 Å². The van der Waals surface area contributed by atoms with Crippen LogP contribution in [0.2, 0.25) is 10.0 Å². The van der Waals surface area contributed by atoms with Gasteiger partial charge in [0.15, 0.2) is 0 Å². The van der Waals surface area contributed by atoms with Gasteiger partial charge in [-0.05, 0) is 60.1 Å². The van der Waals surface area contributed by atoms with Gasteiger partial charge < -0.3 is 4.90 Å². The largest absolute Gasteiger partial charge is 0.328 e. The number of hydrogen-bond donors (Lipinski definition) is 0. The van der Waals surface area contributed by atoms with Crippen molar-refractivity contribution in [1.29, 1.82) is 0 Å². The summed E-state index contributed by atoms with van der Waals surface area (Å²) >= 11 is 12.1. The van der Waals surface area contributed by atoms with Crippen LogP contribution in [0.4, 0.5) is 0 Å². The van der Waals surface area contributed by atoms with Gasteiger partial charge >= 0.3 is 5.69 Å². The predicted molar refractivity (Wildman–Crippen MR) is 114 cm³/mol. The Morgan fingerprint density at radius 2 is 1.71 bits per heavy atom. The van der Waals surface area contributed by atoms with E-state index in [1.54, 1.807) is 4.57 Å². The monoisotopic (exact) mass is 415 g/mol. The van der Waals surface area contributed by atoms with E-state index in [0.717, 1.165) is 47.5 Å². The number of benzene rings is 2. The predicted octanol–water partition coefficient (Wildman–Crippen LogP) is 4.38. The van der Waals surface area contributed by atoms with Gasteiger partial charge in [-0.1, -0.05) is 35.3 Å². The normalized spacial score (nSPS) is 24.5. The van der Waals surface area contributed by atoms with Crippen molar-refractivity contribution in [3.8, 4) is 0 Å². The molecule has 0 bridgehead atoms. The highest BCUT2D eigenvalue weighted by atomic mass is 35.5. The number of imidazole rings is 1. The molecule has 3 unspecified atom stereocenters. The van der Waals surface area contributed by atoms with Crippen LogP contribution in [0.1, 0.15) is 17.9 Å². The zero-order valence-electron chi connectivity index (χ0n) is 15.8.